The smallest absolute Gasteiger partial charge is 0.226 e. The first-order chi connectivity index (χ1) is 7.76. The topological polar surface area (TPSA) is 56.3 Å². The minimum absolute atomic E-state index is 0.509. The summed E-state index contributed by atoms with van der Waals surface area (Å²) in [7, 11) is 1.58. The molecule has 0 spiro atoms. The minimum Gasteiger partial charge on any atom is -0.481 e. The molecule has 0 radical (unpaired) electrons. The van der Waals surface area contributed by atoms with Gasteiger partial charge in [0, 0.05) is 24.2 Å². The van der Waals surface area contributed by atoms with Gasteiger partial charge in [0.15, 0.2) is 0 Å². The van der Waals surface area contributed by atoms with E-state index in [-0.39, 0.29) is 0 Å². The normalized spacial score (nSPS) is 10.2. The Hall–Kier alpha value is -1.07. The van der Waals surface area contributed by atoms with Crippen molar-refractivity contribution in [2.24, 2.45) is 0 Å². The van der Waals surface area contributed by atoms with Crippen LogP contribution < -0.4 is 10.1 Å². The number of methoxy groups -OCH3 is 1. The highest BCUT2D eigenvalue weighted by Crippen LogP contribution is 2.10. The fourth-order valence-corrected chi connectivity index (χ4v) is 1.22. The van der Waals surface area contributed by atoms with E-state index in [1.54, 1.807) is 13.2 Å². The molecule has 0 aromatic carbocycles. The molecular weight excluding hydrogens is 230 g/mol. The Labute approximate surface area is 100 Å². The second-order valence-electron chi connectivity index (χ2n) is 3.10. The van der Waals surface area contributed by atoms with Gasteiger partial charge < -0.3 is 14.8 Å². The molecule has 16 heavy (non-hydrogen) atoms. The first-order valence-electron chi connectivity index (χ1n) is 5.03. The average molecular weight is 246 g/mol. The molecule has 1 aromatic rings. The summed E-state index contributed by atoms with van der Waals surface area (Å²) in [5, 5.41) is 3.05. The third-order valence-corrected chi connectivity index (χ3v) is 1.95. The molecule has 1 heterocycles. The summed E-state index contributed by atoms with van der Waals surface area (Å²) in [5.74, 6) is 1.61. The number of alkyl halides is 1. The number of rotatable bonds is 7. The lowest BCUT2D eigenvalue weighted by molar-refractivity contribution is 0.159. The molecule has 5 nitrogen and oxygen atoms in total. The summed E-state index contributed by atoms with van der Waals surface area (Å²) in [4.78, 5) is 8.36. The zero-order valence-electron chi connectivity index (χ0n) is 9.49. The third-order valence-electron chi connectivity index (χ3n) is 1.79. The highest BCUT2D eigenvalue weighted by atomic mass is 35.5. The van der Waals surface area contributed by atoms with E-state index >= 15 is 0 Å². The first kappa shape index (κ1) is 13.0. The van der Waals surface area contributed by atoms with Gasteiger partial charge in [0.1, 0.15) is 0 Å². The van der Waals surface area contributed by atoms with Crippen molar-refractivity contribution in [3.05, 3.63) is 11.8 Å². The van der Waals surface area contributed by atoms with E-state index in [0.29, 0.717) is 37.5 Å². The van der Waals surface area contributed by atoms with E-state index in [1.807, 2.05) is 6.92 Å². The number of hydrogen-bond donors (Lipinski definition) is 1. The average Bonchev–Trinajstić information content (AvgIpc) is 2.28. The summed E-state index contributed by atoms with van der Waals surface area (Å²) in [6.45, 7) is 3.66. The Bertz CT molecular complexity index is 323. The molecule has 0 bridgehead atoms. The highest BCUT2D eigenvalue weighted by molar-refractivity contribution is 6.17. The molecule has 0 saturated carbocycles. The molecule has 0 unspecified atom stereocenters. The van der Waals surface area contributed by atoms with E-state index in [0.717, 1.165) is 5.69 Å². The highest BCUT2D eigenvalue weighted by Gasteiger charge is 2.01. The fraction of sp³-hybridized carbons (Fsp3) is 0.600. The van der Waals surface area contributed by atoms with Crippen LogP contribution in [-0.2, 0) is 4.74 Å². The number of aryl methyl sites for hydroxylation is 1. The predicted octanol–water partition coefficient (Wildman–Crippen LogP) is 1.46. The van der Waals surface area contributed by atoms with Gasteiger partial charge >= 0.3 is 0 Å². The lowest BCUT2D eigenvalue weighted by Crippen LogP contribution is -2.13. The van der Waals surface area contributed by atoms with Crippen LogP contribution in [0.2, 0.25) is 0 Å². The summed E-state index contributed by atoms with van der Waals surface area (Å²) in [5.41, 5.74) is 0.857. The van der Waals surface area contributed by atoms with Gasteiger partial charge in [-0.25, -0.2) is 4.98 Å². The molecular formula is C10H16ClN3O2. The van der Waals surface area contributed by atoms with Crippen LogP contribution in [0.3, 0.4) is 0 Å². The van der Waals surface area contributed by atoms with Crippen LogP contribution in [0, 0.1) is 6.92 Å². The van der Waals surface area contributed by atoms with Gasteiger partial charge in [0.25, 0.3) is 0 Å². The van der Waals surface area contributed by atoms with Gasteiger partial charge in [-0.1, -0.05) is 0 Å². The number of ether oxygens (including phenoxy) is 2. The van der Waals surface area contributed by atoms with Crippen LogP contribution in [-0.4, -0.2) is 42.7 Å². The van der Waals surface area contributed by atoms with Crippen LogP contribution >= 0.6 is 11.6 Å². The zero-order chi connectivity index (χ0) is 11.8. The molecule has 0 aliphatic carbocycles. The quantitative estimate of drug-likeness (QED) is 0.582. The lowest BCUT2D eigenvalue weighted by Gasteiger charge is -2.07. The zero-order valence-corrected chi connectivity index (χ0v) is 10.3. The van der Waals surface area contributed by atoms with E-state index in [2.05, 4.69) is 15.3 Å². The van der Waals surface area contributed by atoms with Crippen molar-refractivity contribution in [1.82, 2.24) is 9.97 Å². The Morgan fingerprint density at radius 1 is 1.38 bits per heavy atom. The van der Waals surface area contributed by atoms with Crippen LogP contribution in [0.1, 0.15) is 5.69 Å². The van der Waals surface area contributed by atoms with Crippen molar-refractivity contribution in [3.8, 4) is 5.88 Å². The maximum atomic E-state index is 5.47. The monoisotopic (exact) mass is 245 g/mol. The molecule has 0 atom stereocenters. The van der Waals surface area contributed by atoms with Crippen molar-refractivity contribution < 1.29 is 9.47 Å². The van der Waals surface area contributed by atoms with E-state index in [9.17, 15) is 0 Å². The van der Waals surface area contributed by atoms with E-state index in [1.165, 1.54) is 0 Å². The van der Waals surface area contributed by atoms with Crippen LogP contribution in [0.4, 0.5) is 5.95 Å². The molecule has 0 aliphatic rings. The lowest BCUT2D eigenvalue weighted by atomic mass is 10.4. The molecule has 90 valence electrons. The maximum Gasteiger partial charge on any atom is 0.226 e. The predicted molar refractivity (Wildman–Crippen MR) is 63.3 cm³/mol. The van der Waals surface area contributed by atoms with Crippen LogP contribution in [0.5, 0.6) is 5.88 Å². The van der Waals surface area contributed by atoms with E-state index < -0.39 is 0 Å². The van der Waals surface area contributed by atoms with Gasteiger partial charge in [-0.15, -0.1) is 11.6 Å². The Balaban J connectivity index is 2.38. The van der Waals surface area contributed by atoms with Gasteiger partial charge in [0.2, 0.25) is 11.8 Å². The fourth-order valence-electron chi connectivity index (χ4n) is 1.11. The van der Waals surface area contributed by atoms with E-state index in [4.69, 9.17) is 21.1 Å². The van der Waals surface area contributed by atoms with Gasteiger partial charge in [-0.05, 0) is 6.92 Å². The summed E-state index contributed by atoms with van der Waals surface area (Å²) < 4.78 is 10.3. The second kappa shape index (κ2) is 7.24. The Morgan fingerprint density at radius 2 is 2.19 bits per heavy atom. The maximum absolute atomic E-state index is 5.47. The molecule has 0 aliphatic heterocycles. The molecule has 0 amide bonds. The van der Waals surface area contributed by atoms with Crippen LogP contribution in [0.15, 0.2) is 6.07 Å². The third kappa shape index (κ3) is 4.63. The molecule has 1 aromatic heterocycles. The standard InChI is InChI=1S/C10H16ClN3O2/c1-8-7-9(15-2)14-10(13-8)12-4-6-16-5-3-11/h7H,3-6H2,1-2H3,(H,12,13,14). The molecule has 1 N–H and O–H groups in total. The summed E-state index contributed by atoms with van der Waals surface area (Å²) in [6, 6.07) is 1.77. The van der Waals surface area contributed by atoms with Crippen molar-refractivity contribution in [3.63, 3.8) is 0 Å². The van der Waals surface area contributed by atoms with Gasteiger partial charge in [0.05, 0.1) is 20.3 Å². The second-order valence-corrected chi connectivity index (χ2v) is 3.48. The largest absolute Gasteiger partial charge is 0.481 e. The number of aromatic nitrogens is 2. The molecule has 0 saturated heterocycles. The number of halogens is 1. The van der Waals surface area contributed by atoms with Crippen molar-refractivity contribution in [2.75, 3.05) is 38.1 Å². The summed E-state index contributed by atoms with van der Waals surface area (Å²) >= 11 is 5.47. The minimum atomic E-state index is 0.509. The summed E-state index contributed by atoms with van der Waals surface area (Å²) in [6.07, 6.45) is 0. The van der Waals surface area contributed by atoms with Crippen molar-refractivity contribution in [1.29, 1.82) is 0 Å². The SMILES string of the molecule is COc1cc(C)nc(NCCOCCCl)n1. The van der Waals surface area contributed by atoms with Gasteiger partial charge in [-0.2, -0.15) is 4.98 Å². The Morgan fingerprint density at radius 3 is 2.88 bits per heavy atom. The van der Waals surface area contributed by atoms with Gasteiger partial charge in [-0.3, -0.25) is 0 Å². The number of nitrogens with one attached hydrogen (secondary N) is 1. The number of hydrogen-bond acceptors (Lipinski definition) is 5. The first-order valence-corrected chi connectivity index (χ1v) is 5.57. The number of nitrogens with zero attached hydrogens (tertiary/aromatic N) is 2. The Kier molecular flexibility index (Phi) is 5.88. The van der Waals surface area contributed by atoms with Crippen molar-refractivity contribution in [2.45, 2.75) is 6.92 Å². The molecule has 0 fully saturated rings. The number of anilines is 1. The molecule has 1 rings (SSSR count). The molecule has 6 heteroatoms. The van der Waals surface area contributed by atoms with Crippen molar-refractivity contribution >= 4 is 17.5 Å². The van der Waals surface area contributed by atoms with Crippen LogP contribution in [0.25, 0.3) is 0 Å².